The fourth-order valence-electron chi connectivity index (χ4n) is 3.41. The molecule has 0 saturated heterocycles. The van der Waals surface area contributed by atoms with Crippen LogP contribution in [0.4, 0.5) is 5.69 Å². The second-order valence-electron chi connectivity index (χ2n) is 6.74. The fourth-order valence-corrected chi connectivity index (χ4v) is 3.41. The van der Waals surface area contributed by atoms with E-state index in [1.54, 1.807) is 38.1 Å². The predicted octanol–water partition coefficient (Wildman–Crippen LogP) is 1.32. The van der Waals surface area contributed by atoms with E-state index in [1.807, 2.05) is 6.07 Å². The maximum Gasteiger partial charge on any atom is 0.331 e. The van der Waals surface area contributed by atoms with Crippen LogP contribution < -0.4 is 15.8 Å². The minimum Gasteiger partial charge on any atom is -0.464 e. The number of carbonyl (C=O) groups excluding carboxylic acids is 3. The van der Waals surface area contributed by atoms with Crippen molar-refractivity contribution in [2.45, 2.75) is 51.1 Å². The van der Waals surface area contributed by atoms with Gasteiger partial charge in [-0.25, -0.2) is 14.8 Å². The van der Waals surface area contributed by atoms with E-state index < -0.39 is 23.5 Å². The Morgan fingerprint density at radius 3 is 2.59 bits per heavy atom. The van der Waals surface area contributed by atoms with Crippen molar-refractivity contribution < 1.29 is 19.1 Å². The van der Waals surface area contributed by atoms with E-state index in [4.69, 9.17) is 4.74 Å². The lowest BCUT2D eigenvalue weighted by Gasteiger charge is -2.33. The number of amidine groups is 1. The van der Waals surface area contributed by atoms with Crippen LogP contribution in [0, 0.1) is 0 Å². The Bertz CT molecular complexity index is 756. The smallest absolute Gasteiger partial charge is 0.331 e. The molecule has 0 bridgehead atoms. The summed E-state index contributed by atoms with van der Waals surface area (Å²) in [5.41, 5.74) is 2.36. The maximum atomic E-state index is 12.8. The van der Waals surface area contributed by atoms with Crippen LogP contribution in [-0.4, -0.2) is 41.8 Å². The van der Waals surface area contributed by atoms with Crippen molar-refractivity contribution >= 4 is 29.3 Å². The standard InChI is InChI=1S/C19H24N4O4/c1-3-27-18(26)19(11-7-8-12-19)21-16(24)15-20-13(2)17(25)23(22-15)14-9-5-4-6-10-14/h4-6,9-10,13H,3,7-8,11-12H2,1-2H3,(H,20,22)(H,21,24). The van der Waals surface area contributed by atoms with E-state index in [0.29, 0.717) is 18.5 Å². The average molecular weight is 372 g/mol. The van der Waals surface area contributed by atoms with Gasteiger partial charge in [0.25, 0.3) is 11.8 Å². The molecule has 0 spiro atoms. The largest absolute Gasteiger partial charge is 0.464 e. The molecule has 1 aromatic carbocycles. The van der Waals surface area contributed by atoms with E-state index in [1.165, 1.54) is 5.01 Å². The second kappa shape index (κ2) is 7.77. The van der Waals surface area contributed by atoms with Gasteiger partial charge >= 0.3 is 5.97 Å². The molecule has 1 saturated carbocycles. The van der Waals surface area contributed by atoms with Crippen molar-refractivity contribution in [2.24, 2.45) is 4.99 Å². The number of para-hydroxylation sites is 1. The van der Waals surface area contributed by atoms with Crippen molar-refractivity contribution in [1.29, 1.82) is 0 Å². The highest BCUT2D eigenvalue weighted by atomic mass is 16.5. The minimum absolute atomic E-state index is 0.00141. The highest BCUT2D eigenvalue weighted by molar-refractivity contribution is 6.40. The van der Waals surface area contributed by atoms with Gasteiger partial charge in [0.15, 0.2) is 0 Å². The average Bonchev–Trinajstić information content (AvgIpc) is 3.14. The zero-order valence-electron chi connectivity index (χ0n) is 15.5. The van der Waals surface area contributed by atoms with Crippen molar-refractivity contribution in [3.63, 3.8) is 0 Å². The molecule has 1 fully saturated rings. The quantitative estimate of drug-likeness (QED) is 0.759. The monoisotopic (exact) mass is 372 g/mol. The molecule has 1 heterocycles. The molecule has 2 N–H and O–H groups in total. The number of nitrogens with zero attached hydrogens (tertiary/aromatic N) is 2. The number of ether oxygens (including phenoxy) is 1. The highest BCUT2D eigenvalue weighted by Gasteiger charge is 2.45. The topological polar surface area (TPSA) is 100 Å². The van der Waals surface area contributed by atoms with Crippen LogP contribution in [0.2, 0.25) is 0 Å². The number of hydrazine groups is 1. The van der Waals surface area contributed by atoms with Crippen LogP contribution in [0.15, 0.2) is 35.3 Å². The first-order valence-corrected chi connectivity index (χ1v) is 9.20. The zero-order chi connectivity index (χ0) is 19.4. The SMILES string of the molecule is CCOC(=O)C1(NC(=O)C2=NC(C)C(=O)N(c3ccccc3)N2)CCCC1. The van der Waals surface area contributed by atoms with E-state index in [2.05, 4.69) is 15.7 Å². The summed E-state index contributed by atoms with van der Waals surface area (Å²) < 4.78 is 5.17. The van der Waals surface area contributed by atoms with Gasteiger partial charge in [-0.2, -0.15) is 0 Å². The number of hydrogen-bond donors (Lipinski definition) is 2. The molecule has 1 aliphatic heterocycles. The van der Waals surface area contributed by atoms with Gasteiger partial charge in [0.1, 0.15) is 11.6 Å². The van der Waals surface area contributed by atoms with Crippen molar-refractivity contribution in [2.75, 3.05) is 11.6 Å². The lowest BCUT2D eigenvalue weighted by Crippen LogP contribution is -2.62. The first-order chi connectivity index (χ1) is 13.0. The first-order valence-electron chi connectivity index (χ1n) is 9.20. The number of esters is 1. The van der Waals surface area contributed by atoms with Crippen LogP contribution in [0.3, 0.4) is 0 Å². The molecular formula is C19H24N4O4. The summed E-state index contributed by atoms with van der Waals surface area (Å²) in [5.74, 6) is -1.21. The van der Waals surface area contributed by atoms with Crippen LogP contribution in [0.5, 0.6) is 0 Å². The molecule has 0 radical (unpaired) electrons. The Kier molecular flexibility index (Phi) is 5.43. The van der Waals surface area contributed by atoms with Crippen molar-refractivity contribution in [3.8, 4) is 0 Å². The summed E-state index contributed by atoms with van der Waals surface area (Å²) in [4.78, 5) is 41.9. The van der Waals surface area contributed by atoms with E-state index in [-0.39, 0.29) is 18.3 Å². The maximum absolute atomic E-state index is 12.8. The summed E-state index contributed by atoms with van der Waals surface area (Å²) in [5, 5.41) is 4.11. The van der Waals surface area contributed by atoms with E-state index in [9.17, 15) is 14.4 Å². The fraction of sp³-hybridized carbons (Fsp3) is 0.474. The molecule has 3 rings (SSSR count). The molecule has 1 aliphatic carbocycles. The number of aliphatic imine (C=N–C) groups is 1. The van der Waals surface area contributed by atoms with Gasteiger partial charge in [0, 0.05) is 0 Å². The molecule has 8 nitrogen and oxygen atoms in total. The Morgan fingerprint density at radius 1 is 1.30 bits per heavy atom. The predicted molar refractivity (Wildman–Crippen MR) is 99.9 cm³/mol. The Hall–Kier alpha value is -2.90. The molecular weight excluding hydrogens is 348 g/mol. The molecule has 144 valence electrons. The summed E-state index contributed by atoms with van der Waals surface area (Å²) in [6.45, 7) is 3.62. The summed E-state index contributed by atoms with van der Waals surface area (Å²) in [6, 6.07) is 8.25. The molecule has 1 atom stereocenters. The van der Waals surface area contributed by atoms with Crippen molar-refractivity contribution in [3.05, 3.63) is 30.3 Å². The van der Waals surface area contributed by atoms with Crippen LogP contribution in [0.25, 0.3) is 0 Å². The highest BCUT2D eigenvalue weighted by Crippen LogP contribution is 2.31. The molecule has 2 aliphatic rings. The van der Waals surface area contributed by atoms with Gasteiger partial charge in [0.2, 0.25) is 5.84 Å². The number of carbonyl (C=O) groups is 3. The third-order valence-corrected chi connectivity index (χ3v) is 4.82. The number of amides is 2. The number of benzene rings is 1. The molecule has 1 aromatic rings. The van der Waals surface area contributed by atoms with Crippen LogP contribution in [0.1, 0.15) is 39.5 Å². The lowest BCUT2D eigenvalue weighted by atomic mass is 9.97. The van der Waals surface area contributed by atoms with Gasteiger partial charge in [-0.15, -0.1) is 0 Å². The van der Waals surface area contributed by atoms with Crippen molar-refractivity contribution in [1.82, 2.24) is 10.7 Å². The van der Waals surface area contributed by atoms with Gasteiger partial charge in [-0.05, 0) is 38.8 Å². The van der Waals surface area contributed by atoms with Crippen LogP contribution >= 0.6 is 0 Å². The van der Waals surface area contributed by atoms with E-state index in [0.717, 1.165) is 12.8 Å². The summed E-state index contributed by atoms with van der Waals surface area (Å²) >= 11 is 0. The molecule has 27 heavy (non-hydrogen) atoms. The number of rotatable bonds is 5. The molecule has 8 heteroatoms. The van der Waals surface area contributed by atoms with E-state index >= 15 is 0 Å². The molecule has 1 unspecified atom stereocenters. The summed E-state index contributed by atoms with van der Waals surface area (Å²) in [7, 11) is 0. The molecule has 0 aromatic heterocycles. The third kappa shape index (κ3) is 3.79. The Morgan fingerprint density at radius 2 is 1.96 bits per heavy atom. The Balaban J connectivity index is 1.80. The lowest BCUT2D eigenvalue weighted by molar-refractivity contribution is -0.152. The number of anilines is 1. The van der Waals surface area contributed by atoms with Gasteiger partial charge < -0.3 is 10.1 Å². The molecule has 2 amide bonds. The minimum atomic E-state index is -1.03. The van der Waals surface area contributed by atoms with Gasteiger partial charge in [-0.1, -0.05) is 31.0 Å². The van der Waals surface area contributed by atoms with Gasteiger partial charge in [0.05, 0.1) is 12.3 Å². The van der Waals surface area contributed by atoms with Crippen LogP contribution in [-0.2, 0) is 19.1 Å². The van der Waals surface area contributed by atoms with Gasteiger partial charge in [-0.3, -0.25) is 15.0 Å². The summed E-state index contributed by atoms with van der Waals surface area (Å²) in [6.07, 6.45) is 2.73. The zero-order valence-corrected chi connectivity index (χ0v) is 15.5. The second-order valence-corrected chi connectivity index (χ2v) is 6.74. The number of hydrogen-bond acceptors (Lipinski definition) is 6. The Labute approximate surface area is 157 Å². The normalized spacial score (nSPS) is 21.3. The first kappa shape index (κ1) is 18.9. The number of nitrogens with one attached hydrogen (secondary N) is 2. The third-order valence-electron chi connectivity index (χ3n) is 4.82.